The molecular formula is C27H20N4O2S. The summed E-state index contributed by atoms with van der Waals surface area (Å²) in [6.45, 7) is 0. The van der Waals surface area contributed by atoms with E-state index in [-0.39, 0.29) is 11.1 Å². The lowest BCUT2D eigenvalue weighted by molar-refractivity contribution is -0.384. The molecule has 1 heterocycles. The maximum absolute atomic E-state index is 11.1. The van der Waals surface area contributed by atoms with Crippen molar-refractivity contribution < 1.29 is 4.92 Å². The van der Waals surface area contributed by atoms with Gasteiger partial charge in [0, 0.05) is 29.1 Å². The highest BCUT2D eigenvalue weighted by molar-refractivity contribution is 8.14. The number of nitro groups is 1. The number of benzene rings is 4. The molecule has 1 atom stereocenters. The van der Waals surface area contributed by atoms with Crippen LogP contribution in [0, 0.1) is 10.1 Å². The molecule has 4 aromatic carbocycles. The Labute approximate surface area is 201 Å². The Morgan fingerprint density at radius 1 is 0.735 bits per heavy atom. The fraction of sp³-hybridized carbons (Fsp3) is 0.0370. The molecule has 0 amide bonds. The smallest absolute Gasteiger partial charge is 0.269 e. The second-order valence-electron chi connectivity index (χ2n) is 7.54. The summed E-state index contributed by atoms with van der Waals surface area (Å²) in [5, 5.41) is 11.6. The van der Waals surface area contributed by atoms with Crippen LogP contribution in [0.15, 0.2) is 125 Å². The SMILES string of the molecule is O=[N+]([O-])c1ccc([C@H]2N=C(c3ccccc3)N=C(N(c3ccccc3)c3ccccc3)S2)cc1. The summed E-state index contributed by atoms with van der Waals surface area (Å²) in [6.07, 6.45) is 0. The maximum atomic E-state index is 11.1. The van der Waals surface area contributed by atoms with Crippen molar-refractivity contribution in [1.29, 1.82) is 0 Å². The summed E-state index contributed by atoms with van der Waals surface area (Å²) in [5.41, 5.74) is 3.81. The van der Waals surface area contributed by atoms with Gasteiger partial charge in [0.25, 0.3) is 5.69 Å². The van der Waals surface area contributed by atoms with Gasteiger partial charge in [0.1, 0.15) is 5.37 Å². The number of rotatable bonds is 5. The molecule has 1 aliphatic rings. The van der Waals surface area contributed by atoms with Crippen LogP contribution in [-0.2, 0) is 0 Å². The topological polar surface area (TPSA) is 71.1 Å². The Hall–Kier alpha value is -4.23. The molecule has 0 N–H and O–H groups in total. The Morgan fingerprint density at radius 2 is 1.26 bits per heavy atom. The molecular weight excluding hydrogens is 444 g/mol. The Morgan fingerprint density at radius 3 is 1.79 bits per heavy atom. The second-order valence-corrected chi connectivity index (χ2v) is 8.59. The first kappa shape index (κ1) is 21.6. The van der Waals surface area contributed by atoms with Crippen LogP contribution in [0.5, 0.6) is 0 Å². The Bertz CT molecular complexity index is 1300. The number of nitro benzene ring substituents is 1. The van der Waals surface area contributed by atoms with Crippen molar-refractivity contribution in [3.63, 3.8) is 0 Å². The minimum absolute atomic E-state index is 0.0564. The summed E-state index contributed by atoms with van der Waals surface area (Å²) < 4.78 is 0. The first-order valence-corrected chi connectivity index (χ1v) is 11.6. The predicted molar refractivity (Wildman–Crippen MR) is 139 cm³/mol. The third-order valence-corrected chi connectivity index (χ3v) is 6.38. The average molecular weight is 465 g/mol. The molecule has 0 saturated carbocycles. The monoisotopic (exact) mass is 464 g/mol. The number of anilines is 2. The zero-order valence-electron chi connectivity index (χ0n) is 18.1. The molecule has 0 fully saturated rings. The molecule has 1 aliphatic heterocycles. The van der Waals surface area contributed by atoms with Gasteiger partial charge in [0.05, 0.1) is 4.92 Å². The first-order chi connectivity index (χ1) is 16.7. The van der Waals surface area contributed by atoms with Gasteiger partial charge in [-0.2, -0.15) is 0 Å². The van der Waals surface area contributed by atoms with E-state index in [1.54, 1.807) is 12.1 Å². The zero-order chi connectivity index (χ0) is 23.3. The van der Waals surface area contributed by atoms with Crippen LogP contribution in [0.2, 0.25) is 0 Å². The van der Waals surface area contributed by atoms with Crippen molar-refractivity contribution in [1.82, 2.24) is 0 Å². The minimum atomic E-state index is -0.393. The lowest BCUT2D eigenvalue weighted by Crippen LogP contribution is -2.27. The summed E-state index contributed by atoms with van der Waals surface area (Å²) in [7, 11) is 0. The zero-order valence-corrected chi connectivity index (χ0v) is 18.9. The van der Waals surface area contributed by atoms with Crippen LogP contribution in [0.3, 0.4) is 0 Å². The lowest BCUT2D eigenvalue weighted by Gasteiger charge is -2.30. The summed E-state index contributed by atoms with van der Waals surface area (Å²) in [4.78, 5) is 22.7. The van der Waals surface area contributed by atoms with Gasteiger partial charge in [0.2, 0.25) is 0 Å². The normalized spacial score (nSPS) is 15.2. The minimum Gasteiger partial charge on any atom is -0.289 e. The van der Waals surface area contributed by atoms with E-state index in [4.69, 9.17) is 9.98 Å². The molecule has 34 heavy (non-hydrogen) atoms. The largest absolute Gasteiger partial charge is 0.289 e. The van der Waals surface area contributed by atoms with E-state index in [0.717, 1.165) is 27.7 Å². The number of thioether (sulfide) groups is 1. The summed E-state index contributed by atoms with van der Waals surface area (Å²) >= 11 is 1.51. The number of para-hydroxylation sites is 2. The lowest BCUT2D eigenvalue weighted by atomic mass is 10.2. The molecule has 0 unspecified atom stereocenters. The highest BCUT2D eigenvalue weighted by Gasteiger charge is 2.27. The third kappa shape index (κ3) is 4.60. The van der Waals surface area contributed by atoms with Crippen LogP contribution >= 0.6 is 11.8 Å². The molecule has 0 aromatic heterocycles. The molecule has 6 nitrogen and oxygen atoms in total. The van der Waals surface area contributed by atoms with Gasteiger partial charge in [-0.05, 0) is 42.0 Å². The third-order valence-electron chi connectivity index (χ3n) is 5.30. The average Bonchev–Trinajstić information content (AvgIpc) is 2.90. The molecule has 0 saturated heterocycles. The Balaban J connectivity index is 1.62. The molecule has 0 aliphatic carbocycles. The second kappa shape index (κ2) is 9.72. The van der Waals surface area contributed by atoms with Gasteiger partial charge in [0.15, 0.2) is 11.0 Å². The van der Waals surface area contributed by atoms with Crippen LogP contribution in [0.25, 0.3) is 0 Å². The summed E-state index contributed by atoms with van der Waals surface area (Å²) in [5.74, 6) is 0.620. The van der Waals surface area contributed by atoms with Crippen molar-refractivity contribution in [2.45, 2.75) is 5.37 Å². The standard InChI is InChI=1S/C27H20N4O2S/c32-31(33)24-18-16-21(17-19-24)26-28-25(20-10-4-1-5-11-20)29-27(34-26)30(22-12-6-2-7-13-22)23-14-8-3-9-15-23/h1-19,26H/t26-/m0/s1. The van der Waals surface area contributed by atoms with E-state index in [2.05, 4.69) is 4.90 Å². The fourth-order valence-corrected chi connectivity index (χ4v) is 4.74. The Kier molecular flexibility index (Phi) is 6.18. The van der Waals surface area contributed by atoms with Gasteiger partial charge < -0.3 is 0 Å². The van der Waals surface area contributed by atoms with Crippen LogP contribution < -0.4 is 4.90 Å². The molecule has 5 rings (SSSR count). The van der Waals surface area contributed by atoms with Crippen LogP contribution in [0.1, 0.15) is 16.5 Å². The van der Waals surface area contributed by atoms with Crippen molar-refractivity contribution in [3.05, 3.63) is 137 Å². The predicted octanol–water partition coefficient (Wildman–Crippen LogP) is 6.98. The van der Waals surface area contributed by atoms with Crippen molar-refractivity contribution in [2.24, 2.45) is 9.98 Å². The van der Waals surface area contributed by atoms with Crippen molar-refractivity contribution >= 4 is 39.8 Å². The maximum Gasteiger partial charge on any atom is 0.269 e. The van der Waals surface area contributed by atoms with E-state index < -0.39 is 4.92 Å². The van der Waals surface area contributed by atoms with E-state index in [9.17, 15) is 10.1 Å². The van der Waals surface area contributed by atoms with Gasteiger partial charge >= 0.3 is 0 Å². The number of nitrogens with zero attached hydrogens (tertiary/aromatic N) is 4. The molecule has 0 radical (unpaired) electrons. The number of hydrogen-bond donors (Lipinski definition) is 0. The molecule has 0 spiro atoms. The van der Waals surface area contributed by atoms with Gasteiger partial charge in [-0.3, -0.25) is 15.0 Å². The van der Waals surface area contributed by atoms with Gasteiger partial charge in [-0.1, -0.05) is 78.5 Å². The van der Waals surface area contributed by atoms with E-state index >= 15 is 0 Å². The number of non-ortho nitro benzene ring substituents is 1. The fourth-order valence-electron chi connectivity index (χ4n) is 3.64. The molecule has 0 bridgehead atoms. The molecule has 7 heteroatoms. The number of amidine groups is 2. The highest BCUT2D eigenvalue weighted by Crippen LogP contribution is 2.40. The van der Waals surface area contributed by atoms with Crippen LogP contribution in [-0.4, -0.2) is 15.9 Å². The molecule has 166 valence electrons. The van der Waals surface area contributed by atoms with Crippen molar-refractivity contribution in [2.75, 3.05) is 4.90 Å². The number of aliphatic imine (C=N–C) groups is 2. The van der Waals surface area contributed by atoms with Gasteiger partial charge in [-0.15, -0.1) is 0 Å². The quantitative estimate of drug-likeness (QED) is 0.236. The summed E-state index contributed by atoms with van der Waals surface area (Å²) in [6, 6.07) is 36.6. The highest BCUT2D eigenvalue weighted by atomic mass is 32.2. The first-order valence-electron chi connectivity index (χ1n) is 10.7. The van der Waals surface area contributed by atoms with E-state index in [1.165, 1.54) is 23.9 Å². The van der Waals surface area contributed by atoms with Gasteiger partial charge in [-0.25, -0.2) is 9.98 Å². The molecule has 4 aromatic rings. The van der Waals surface area contributed by atoms with Crippen molar-refractivity contribution in [3.8, 4) is 0 Å². The van der Waals surface area contributed by atoms with Crippen LogP contribution in [0.4, 0.5) is 17.1 Å². The number of hydrogen-bond acceptors (Lipinski definition) is 6. The van der Waals surface area contributed by atoms with E-state index in [1.807, 2.05) is 91.0 Å². The van der Waals surface area contributed by atoms with E-state index in [0.29, 0.717) is 5.84 Å².